The summed E-state index contributed by atoms with van der Waals surface area (Å²) in [6.45, 7) is 9.16. The number of carbonyl (C=O) groups is 3. The van der Waals surface area contributed by atoms with E-state index in [1.807, 2.05) is 51.1 Å². The van der Waals surface area contributed by atoms with Crippen molar-refractivity contribution < 1.29 is 28.6 Å². The average molecular weight is 567 g/mol. The van der Waals surface area contributed by atoms with Gasteiger partial charge < -0.3 is 14.2 Å². The normalized spacial score (nSPS) is 19.0. The quantitative estimate of drug-likeness (QED) is 0.166. The fourth-order valence-corrected chi connectivity index (χ4v) is 4.76. The highest BCUT2D eigenvalue weighted by Gasteiger charge is 2.41. The van der Waals surface area contributed by atoms with Crippen LogP contribution < -0.4 is 5.01 Å². The third-order valence-electron chi connectivity index (χ3n) is 6.78. The van der Waals surface area contributed by atoms with Crippen LogP contribution in [-0.4, -0.2) is 45.8 Å². The van der Waals surface area contributed by atoms with E-state index in [-0.39, 0.29) is 10.7 Å². The van der Waals surface area contributed by atoms with Crippen molar-refractivity contribution in [2.45, 2.75) is 59.5 Å². The van der Waals surface area contributed by atoms with Gasteiger partial charge in [0, 0.05) is 17.6 Å². The number of ether oxygens (including phenoxy) is 3. The number of carbonyl (C=O) groups excluding carboxylic acids is 3. The van der Waals surface area contributed by atoms with Gasteiger partial charge in [-0.1, -0.05) is 48.1 Å². The SMILES string of the molecule is CC1=CC(C(Cc2cccc(C)c2C)OC(=O)N(C2C=C(C)C(=O)O2)N(C(=S)S)c2ccc(C)cc2)OC1=O. The number of thiol groups is 1. The number of anilines is 1. The predicted octanol–water partition coefficient (Wildman–Crippen LogP) is 5.30. The lowest BCUT2D eigenvalue weighted by molar-refractivity contribution is -0.148. The lowest BCUT2D eigenvalue weighted by atomic mass is 9.96. The zero-order valence-corrected chi connectivity index (χ0v) is 24.0. The van der Waals surface area contributed by atoms with Crippen molar-refractivity contribution in [1.29, 1.82) is 0 Å². The van der Waals surface area contributed by atoms with Crippen LogP contribution in [0.5, 0.6) is 0 Å². The van der Waals surface area contributed by atoms with Gasteiger partial charge in [0.05, 0.1) is 5.69 Å². The van der Waals surface area contributed by atoms with Gasteiger partial charge in [0.2, 0.25) is 6.23 Å². The number of thiocarbonyl (C=S) groups is 1. The highest BCUT2D eigenvalue weighted by Crippen LogP contribution is 2.29. The summed E-state index contributed by atoms with van der Waals surface area (Å²) in [6, 6.07) is 13.1. The first kappa shape index (κ1) is 28.4. The molecule has 204 valence electrons. The van der Waals surface area contributed by atoms with E-state index in [4.69, 9.17) is 26.4 Å². The largest absolute Gasteiger partial charge is 0.451 e. The molecule has 0 fully saturated rings. The van der Waals surface area contributed by atoms with Crippen molar-refractivity contribution in [3.05, 3.63) is 88.0 Å². The maximum absolute atomic E-state index is 14.0. The number of rotatable bonds is 6. The summed E-state index contributed by atoms with van der Waals surface area (Å²) in [5.41, 5.74) is 5.35. The molecule has 39 heavy (non-hydrogen) atoms. The number of hydrazine groups is 1. The number of nitrogens with zero attached hydrogens (tertiary/aromatic N) is 2. The number of amides is 1. The summed E-state index contributed by atoms with van der Waals surface area (Å²) in [5, 5.41) is 2.46. The molecule has 0 saturated heterocycles. The van der Waals surface area contributed by atoms with E-state index >= 15 is 0 Å². The van der Waals surface area contributed by atoms with Crippen molar-refractivity contribution in [1.82, 2.24) is 5.01 Å². The van der Waals surface area contributed by atoms with Crippen LogP contribution in [0.3, 0.4) is 0 Å². The maximum Gasteiger partial charge on any atom is 0.433 e. The Hall–Kier alpha value is -3.63. The number of hydrogen-bond acceptors (Lipinski definition) is 7. The molecule has 0 radical (unpaired) electrons. The second-order valence-electron chi connectivity index (χ2n) is 9.63. The van der Waals surface area contributed by atoms with Gasteiger partial charge in [0.15, 0.2) is 10.4 Å². The molecule has 0 spiro atoms. The molecule has 3 atom stereocenters. The van der Waals surface area contributed by atoms with Crippen LogP contribution in [-0.2, 0) is 30.2 Å². The third kappa shape index (κ3) is 6.17. The van der Waals surface area contributed by atoms with Gasteiger partial charge in [-0.15, -0.1) is 12.6 Å². The Kier molecular flexibility index (Phi) is 8.46. The van der Waals surface area contributed by atoms with Gasteiger partial charge >= 0.3 is 18.0 Å². The molecule has 0 bridgehead atoms. The van der Waals surface area contributed by atoms with Crippen LogP contribution in [0.2, 0.25) is 0 Å². The monoisotopic (exact) mass is 566 g/mol. The first-order valence-electron chi connectivity index (χ1n) is 12.4. The van der Waals surface area contributed by atoms with Gasteiger partial charge in [0.1, 0.15) is 6.10 Å². The van der Waals surface area contributed by atoms with Crippen molar-refractivity contribution in [2.75, 3.05) is 5.01 Å². The van der Waals surface area contributed by atoms with E-state index in [1.165, 1.54) is 11.1 Å². The summed E-state index contributed by atoms with van der Waals surface area (Å²) in [4.78, 5) is 38.5. The first-order chi connectivity index (χ1) is 18.5. The number of cyclic esters (lactones) is 2. The van der Waals surface area contributed by atoms with Crippen LogP contribution in [0, 0.1) is 20.8 Å². The van der Waals surface area contributed by atoms with E-state index < -0.39 is 36.5 Å². The van der Waals surface area contributed by atoms with Gasteiger partial charge in [-0.05, 0) is 75.6 Å². The predicted molar refractivity (Wildman–Crippen MR) is 154 cm³/mol. The fourth-order valence-electron chi connectivity index (χ4n) is 4.36. The van der Waals surface area contributed by atoms with Gasteiger partial charge in [-0.2, -0.15) is 5.01 Å². The summed E-state index contributed by atoms with van der Waals surface area (Å²) in [6.07, 6.45) is -0.239. The zero-order valence-electron chi connectivity index (χ0n) is 22.3. The van der Waals surface area contributed by atoms with Crippen molar-refractivity contribution in [2.24, 2.45) is 0 Å². The molecule has 8 nitrogen and oxygen atoms in total. The Morgan fingerprint density at radius 1 is 0.974 bits per heavy atom. The molecule has 2 aliphatic heterocycles. The molecule has 2 heterocycles. The Morgan fingerprint density at radius 3 is 2.18 bits per heavy atom. The molecule has 0 N–H and O–H groups in total. The average Bonchev–Trinajstić information content (AvgIpc) is 3.39. The summed E-state index contributed by atoms with van der Waals surface area (Å²) >= 11 is 9.79. The van der Waals surface area contributed by atoms with Crippen LogP contribution in [0.4, 0.5) is 10.5 Å². The van der Waals surface area contributed by atoms with Gasteiger partial charge in [-0.25, -0.2) is 19.4 Å². The molecule has 2 aromatic carbocycles. The van der Waals surface area contributed by atoms with Crippen LogP contribution >= 0.6 is 24.8 Å². The van der Waals surface area contributed by atoms with Gasteiger partial charge in [-0.3, -0.25) is 0 Å². The number of hydrogen-bond donors (Lipinski definition) is 1. The summed E-state index contributed by atoms with van der Waals surface area (Å²) in [5.74, 6) is -1.04. The molecule has 1 amide bonds. The zero-order chi connectivity index (χ0) is 28.4. The lowest BCUT2D eigenvalue weighted by Crippen LogP contribution is -2.55. The second kappa shape index (κ2) is 11.6. The molecule has 0 aliphatic carbocycles. The number of esters is 2. The van der Waals surface area contributed by atoms with Crippen LogP contribution in [0.15, 0.2) is 65.8 Å². The highest BCUT2D eigenvalue weighted by atomic mass is 32.1. The number of benzene rings is 2. The van der Waals surface area contributed by atoms with E-state index in [9.17, 15) is 14.4 Å². The molecule has 0 saturated carbocycles. The Morgan fingerprint density at radius 2 is 1.62 bits per heavy atom. The van der Waals surface area contributed by atoms with E-state index in [1.54, 1.807) is 32.1 Å². The molecule has 4 rings (SSSR count). The highest BCUT2D eigenvalue weighted by molar-refractivity contribution is 8.11. The molecule has 10 heteroatoms. The molecule has 2 aromatic rings. The minimum atomic E-state index is -1.14. The maximum atomic E-state index is 14.0. The molecule has 2 aliphatic rings. The first-order valence-corrected chi connectivity index (χ1v) is 13.2. The third-order valence-corrected chi connectivity index (χ3v) is 7.14. The lowest BCUT2D eigenvalue weighted by Gasteiger charge is -2.37. The fraction of sp³-hybridized carbons (Fsp3) is 0.310. The number of aryl methyl sites for hydroxylation is 2. The Balaban J connectivity index is 1.73. The molecular weight excluding hydrogens is 536 g/mol. The molecular formula is C29H30N2O6S2. The minimum absolute atomic E-state index is 0.0268. The van der Waals surface area contributed by atoms with Crippen molar-refractivity contribution in [3.63, 3.8) is 0 Å². The summed E-state index contributed by atoms with van der Waals surface area (Å²) in [7, 11) is 0. The topological polar surface area (TPSA) is 85.4 Å². The van der Waals surface area contributed by atoms with E-state index in [0.29, 0.717) is 16.8 Å². The van der Waals surface area contributed by atoms with E-state index in [2.05, 4.69) is 12.6 Å². The summed E-state index contributed by atoms with van der Waals surface area (Å²) < 4.78 is 17.1. The van der Waals surface area contributed by atoms with E-state index in [0.717, 1.165) is 27.3 Å². The van der Waals surface area contributed by atoms with Crippen LogP contribution in [0.25, 0.3) is 0 Å². The van der Waals surface area contributed by atoms with Crippen molar-refractivity contribution >= 4 is 52.9 Å². The van der Waals surface area contributed by atoms with Crippen LogP contribution in [0.1, 0.15) is 36.1 Å². The standard InChI is InChI=1S/C29H30N2O6S2/c1-16-9-11-22(12-10-16)30(29(38)39)31(25-14-19(4)27(33)37-25)28(34)36-24(23-13-18(3)26(32)35-23)15-21-8-6-7-17(2)20(21)5/h6-14,23-25H,15H2,1-5H3,(H,38,39). The molecule has 3 unspecified atom stereocenters. The van der Waals surface area contributed by atoms with Gasteiger partial charge in [0.25, 0.3) is 0 Å². The minimum Gasteiger partial charge on any atom is -0.451 e. The Labute approximate surface area is 238 Å². The Bertz CT molecular complexity index is 1380. The molecule has 0 aromatic heterocycles. The van der Waals surface area contributed by atoms with Crippen molar-refractivity contribution in [3.8, 4) is 0 Å². The second-order valence-corrected chi connectivity index (χ2v) is 10.7. The smallest absolute Gasteiger partial charge is 0.433 e.